The maximum Gasteiger partial charge on any atom is 0.306 e. The number of ether oxygens (including phenoxy) is 3. The zero-order valence-electron chi connectivity index (χ0n) is 44.7. The van der Waals surface area contributed by atoms with Gasteiger partial charge in [0.15, 0.2) is 6.10 Å². The Kier molecular flexibility index (Phi) is 53.8. The Morgan fingerprint density at radius 2 is 0.537 bits per heavy atom. The maximum atomic E-state index is 12.8. The Bertz CT molecular complexity index is 1170. The fourth-order valence-corrected chi connectivity index (χ4v) is 8.39. The van der Waals surface area contributed by atoms with E-state index in [-0.39, 0.29) is 31.1 Å². The van der Waals surface area contributed by atoms with Gasteiger partial charge in [-0.3, -0.25) is 14.4 Å². The first-order valence-corrected chi connectivity index (χ1v) is 29.1. The largest absolute Gasteiger partial charge is 0.462 e. The lowest BCUT2D eigenvalue weighted by Crippen LogP contribution is -2.30. The highest BCUT2D eigenvalue weighted by Crippen LogP contribution is 2.15. The molecule has 0 amide bonds. The van der Waals surface area contributed by atoms with Crippen LogP contribution in [0, 0.1) is 0 Å². The molecule has 0 aromatic heterocycles. The minimum Gasteiger partial charge on any atom is -0.462 e. The van der Waals surface area contributed by atoms with Gasteiger partial charge in [-0.1, -0.05) is 249 Å². The van der Waals surface area contributed by atoms with Gasteiger partial charge in [0.1, 0.15) is 13.2 Å². The van der Waals surface area contributed by atoms with Crippen LogP contribution in [0.5, 0.6) is 0 Å². The summed E-state index contributed by atoms with van der Waals surface area (Å²) in [6.45, 7) is 6.62. The van der Waals surface area contributed by atoms with Gasteiger partial charge < -0.3 is 14.2 Å². The number of allylic oxidation sites excluding steroid dienone is 8. The standard InChI is InChI=1S/C61H110O6/c1-4-7-10-13-16-19-21-23-25-27-28-29-30-31-32-34-35-37-39-42-45-48-51-54-60(63)66-57-58(56-65-59(62)53-50-47-44-41-18-15-12-9-6-3)67-61(64)55-52-49-46-43-40-38-36-33-26-24-22-20-17-14-11-8-5-2/h21,23-24,26-28,30-31,58H,4-20,22,25,29,32-57H2,1-3H3/b23-21-,26-24-,28-27-,31-30-. The van der Waals surface area contributed by atoms with Crippen molar-refractivity contribution in [2.75, 3.05) is 13.2 Å². The summed E-state index contributed by atoms with van der Waals surface area (Å²) in [7, 11) is 0. The van der Waals surface area contributed by atoms with Gasteiger partial charge in [0.05, 0.1) is 0 Å². The molecule has 0 bridgehead atoms. The van der Waals surface area contributed by atoms with Crippen LogP contribution in [0.1, 0.15) is 303 Å². The van der Waals surface area contributed by atoms with E-state index in [0.717, 1.165) is 77.0 Å². The average Bonchev–Trinajstić information content (AvgIpc) is 3.33. The third kappa shape index (κ3) is 54.2. The van der Waals surface area contributed by atoms with E-state index in [1.54, 1.807) is 0 Å². The van der Waals surface area contributed by atoms with Crippen LogP contribution in [0.2, 0.25) is 0 Å². The van der Waals surface area contributed by atoms with Crippen molar-refractivity contribution in [1.82, 2.24) is 0 Å². The van der Waals surface area contributed by atoms with Gasteiger partial charge in [-0.05, 0) is 83.5 Å². The summed E-state index contributed by atoms with van der Waals surface area (Å²) in [5, 5.41) is 0. The molecule has 0 aliphatic heterocycles. The third-order valence-corrected chi connectivity index (χ3v) is 12.8. The van der Waals surface area contributed by atoms with Crippen LogP contribution in [0.3, 0.4) is 0 Å². The molecule has 0 aliphatic carbocycles. The minimum absolute atomic E-state index is 0.0748. The summed E-state index contributed by atoms with van der Waals surface area (Å²) in [6.07, 6.45) is 68.2. The molecule has 0 spiro atoms. The quantitative estimate of drug-likeness (QED) is 0.0262. The summed E-state index contributed by atoms with van der Waals surface area (Å²) < 4.78 is 16.8. The summed E-state index contributed by atoms with van der Waals surface area (Å²) in [4.78, 5) is 38.0. The number of hydrogen-bond acceptors (Lipinski definition) is 6. The Hall–Kier alpha value is -2.63. The Morgan fingerprint density at radius 1 is 0.299 bits per heavy atom. The molecule has 6 nitrogen and oxygen atoms in total. The van der Waals surface area contributed by atoms with Crippen molar-refractivity contribution in [2.24, 2.45) is 0 Å². The molecule has 1 unspecified atom stereocenters. The average molecular weight is 940 g/mol. The molecule has 0 heterocycles. The van der Waals surface area contributed by atoms with E-state index in [1.165, 1.54) is 186 Å². The Balaban J connectivity index is 4.26. The highest BCUT2D eigenvalue weighted by molar-refractivity contribution is 5.71. The zero-order chi connectivity index (χ0) is 48.6. The third-order valence-electron chi connectivity index (χ3n) is 12.8. The Labute approximate surface area is 416 Å². The first-order chi connectivity index (χ1) is 33.0. The number of carbonyl (C=O) groups is 3. The van der Waals surface area contributed by atoms with Crippen LogP contribution in [0.25, 0.3) is 0 Å². The van der Waals surface area contributed by atoms with Gasteiger partial charge in [-0.25, -0.2) is 0 Å². The predicted molar refractivity (Wildman–Crippen MR) is 289 cm³/mol. The summed E-state index contributed by atoms with van der Waals surface area (Å²) in [6, 6.07) is 0. The van der Waals surface area contributed by atoms with E-state index in [4.69, 9.17) is 14.2 Å². The SMILES string of the molecule is CCCCCCC/C=C\C/C=C\C/C=C\CCCCCCCCCCC(=O)OCC(COC(=O)CCCCCCCCCCC)OC(=O)CCCCCCCCC/C=C\CCCCCCCC. The van der Waals surface area contributed by atoms with Crippen molar-refractivity contribution in [2.45, 2.75) is 309 Å². The number of hydrogen-bond donors (Lipinski definition) is 0. The molecule has 0 rings (SSSR count). The van der Waals surface area contributed by atoms with Crippen molar-refractivity contribution in [1.29, 1.82) is 0 Å². The normalized spacial score (nSPS) is 12.3. The molecular weight excluding hydrogens is 829 g/mol. The second-order valence-corrected chi connectivity index (χ2v) is 19.6. The molecule has 0 N–H and O–H groups in total. The van der Waals surface area contributed by atoms with E-state index in [1.807, 2.05) is 0 Å². The topological polar surface area (TPSA) is 78.9 Å². The number of unbranched alkanes of at least 4 members (excludes halogenated alkanes) is 34. The molecule has 0 saturated carbocycles. The molecule has 1 atom stereocenters. The lowest BCUT2D eigenvalue weighted by molar-refractivity contribution is -0.167. The number of carbonyl (C=O) groups excluding carboxylic acids is 3. The molecular formula is C61H110O6. The smallest absolute Gasteiger partial charge is 0.306 e. The van der Waals surface area contributed by atoms with Crippen molar-refractivity contribution in [3.05, 3.63) is 48.6 Å². The van der Waals surface area contributed by atoms with Crippen LogP contribution < -0.4 is 0 Å². The van der Waals surface area contributed by atoms with Gasteiger partial charge in [0, 0.05) is 19.3 Å². The summed E-state index contributed by atoms with van der Waals surface area (Å²) in [5.41, 5.74) is 0. The molecule has 0 fully saturated rings. The van der Waals surface area contributed by atoms with Crippen LogP contribution >= 0.6 is 0 Å². The second-order valence-electron chi connectivity index (χ2n) is 19.6. The molecule has 0 saturated heterocycles. The second kappa shape index (κ2) is 56.0. The first-order valence-electron chi connectivity index (χ1n) is 29.1. The van der Waals surface area contributed by atoms with Gasteiger partial charge in [-0.2, -0.15) is 0 Å². The van der Waals surface area contributed by atoms with Crippen LogP contribution in [-0.4, -0.2) is 37.2 Å². The van der Waals surface area contributed by atoms with Gasteiger partial charge in [0.2, 0.25) is 0 Å². The lowest BCUT2D eigenvalue weighted by Gasteiger charge is -2.18. The van der Waals surface area contributed by atoms with E-state index in [0.29, 0.717) is 19.3 Å². The summed E-state index contributed by atoms with van der Waals surface area (Å²) >= 11 is 0. The van der Waals surface area contributed by atoms with E-state index < -0.39 is 6.10 Å². The van der Waals surface area contributed by atoms with Crippen molar-refractivity contribution in [3.63, 3.8) is 0 Å². The highest BCUT2D eigenvalue weighted by Gasteiger charge is 2.19. The van der Waals surface area contributed by atoms with E-state index in [2.05, 4.69) is 69.4 Å². The van der Waals surface area contributed by atoms with Crippen LogP contribution in [-0.2, 0) is 28.6 Å². The van der Waals surface area contributed by atoms with Crippen molar-refractivity contribution >= 4 is 17.9 Å². The summed E-state index contributed by atoms with van der Waals surface area (Å²) in [5.74, 6) is -0.877. The molecule has 67 heavy (non-hydrogen) atoms. The van der Waals surface area contributed by atoms with Crippen LogP contribution in [0.4, 0.5) is 0 Å². The van der Waals surface area contributed by atoms with E-state index in [9.17, 15) is 14.4 Å². The van der Waals surface area contributed by atoms with Crippen LogP contribution in [0.15, 0.2) is 48.6 Å². The lowest BCUT2D eigenvalue weighted by atomic mass is 10.1. The fraction of sp³-hybridized carbons (Fsp3) is 0.820. The van der Waals surface area contributed by atoms with Crippen molar-refractivity contribution in [3.8, 4) is 0 Å². The van der Waals surface area contributed by atoms with Crippen molar-refractivity contribution < 1.29 is 28.6 Å². The molecule has 0 aliphatic rings. The molecule has 0 radical (unpaired) electrons. The highest BCUT2D eigenvalue weighted by atomic mass is 16.6. The molecule has 0 aromatic rings. The van der Waals surface area contributed by atoms with Gasteiger partial charge in [0.25, 0.3) is 0 Å². The molecule has 390 valence electrons. The maximum absolute atomic E-state index is 12.8. The first kappa shape index (κ1) is 64.4. The van der Waals surface area contributed by atoms with Gasteiger partial charge in [-0.15, -0.1) is 0 Å². The minimum atomic E-state index is -0.775. The number of rotatable bonds is 53. The molecule has 6 heteroatoms. The predicted octanol–water partition coefficient (Wildman–Crippen LogP) is 19.4. The zero-order valence-corrected chi connectivity index (χ0v) is 44.7. The Morgan fingerprint density at radius 3 is 0.851 bits per heavy atom. The fourth-order valence-electron chi connectivity index (χ4n) is 8.39. The molecule has 0 aromatic carbocycles. The monoisotopic (exact) mass is 939 g/mol. The number of esters is 3. The van der Waals surface area contributed by atoms with E-state index >= 15 is 0 Å². The van der Waals surface area contributed by atoms with Gasteiger partial charge >= 0.3 is 17.9 Å².